The Hall–Kier alpha value is -1.57. The van der Waals surface area contributed by atoms with Gasteiger partial charge in [-0.2, -0.15) is 0 Å². The second-order valence-corrected chi connectivity index (χ2v) is 7.34. The Bertz CT molecular complexity index is 637. The van der Waals surface area contributed by atoms with Crippen LogP contribution in [0.4, 0.5) is 8.78 Å². The van der Waals surface area contributed by atoms with Crippen molar-refractivity contribution >= 4 is 5.91 Å². The average molecular weight is 367 g/mol. The minimum atomic E-state index is -1.43. The number of rotatable bonds is 7. The SMILES string of the molecule is O=C1N(Cc2ccc(F)c(F)c2)CCC[C@@]1(O)CNCCN1CCCC1. The number of amides is 1. The van der Waals surface area contributed by atoms with Gasteiger partial charge in [-0.25, -0.2) is 8.78 Å². The molecule has 2 heterocycles. The highest BCUT2D eigenvalue weighted by Gasteiger charge is 2.41. The van der Waals surface area contributed by atoms with Gasteiger partial charge < -0.3 is 20.2 Å². The van der Waals surface area contributed by atoms with Gasteiger partial charge in [0.15, 0.2) is 17.2 Å². The molecule has 0 aromatic heterocycles. The molecule has 26 heavy (non-hydrogen) atoms. The molecule has 144 valence electrons. The van der Waals surface area contributed by atoms with E-state index in [4.69, 9.17) is 0 Å². The lowest BCUT2D eigenvalue weighted by Gasteiger charge is -2.38. The van der Waals surface area contributed by atoms with Crippen molar-refractivity contribution in [1.29, 1.82) is 0 Å². The number of aliphatic hydroxyl groups is 1. The zero-order valence-electron chi connectivity index (χ0n) is 15.0. The first-order chi connectivity index (χ1) is 12.5. The predicted molar refractivity (Wildman–Crippen MR) is 94.5 cm³/mol. The fourth-order valence-corrected chi connectivity index (χ4v) is 3.78. The molecule has 0 radical (unpaired) electrons. The van der Waals surface area contributed by atoms with Crippen LogP contribution in [0, 0.1) is 11.6 Å². The minimum absolute atomic E-state index is 0.173. The third-order valence-electron chi connectivity index (χ3n) is 5.28. The molecule has 2 N–H and O–H groups in total. The van der Waals surface area contributed by atoms with Crippen LogP contribution in [-0.2, 0) is 11.3 Å². The molecule has 1 aromatic rings. The Morgan fingerprint density at radius 2 is 1.88 bits per heavy atom. The first-order valence-electron chi connectivity index (χ1n) is 9.37. The van der Waals surface area contributed by atoms with Crippen LogP contribution in [0.25, 0.3) is 0 Å². The number of halogens is 2. The van der Waals surface area contributed by atoms with E-state index in [2.05, 4.69) is 10.2 Å². The van der Waals surface area contributed by atoms with E-state index < -0.39 is 17.2 Å². The van der Waals surface area contributed by atoms with Gasteiger partial charge in [0.1, 0.15) is 0 Å². The van der Waals surface area contributed by atoms with E-state index in [1.807, 2.05) is 0 Å². The largest absolute Gasteiger partial charge is 0.379 e. The zero-order valence-corrected chi connectivity index (χ0v) is 15.0. The van der Waals surface area contributed by atoms with Crippen molar-refractivity contribution in [2.45, 2.75) is 37.8 Å². The molecular formula is C19H27F2N3O2. The molecule has 2 fully saturated rings. The van der Waals surface area contributed by atoms with Gasteiger partial charge in [-0.1, -0.05) is 6.07 Å². The highest BCUT2D eigenvalue weighted by molar-refractivity contribution is 5.86. The number of benzene rings is 1. The Kier molecular flexibility index (Phi) is 6.21. The van der Waals surface area contributed by atoms with Gasteiger partial charge in [0.2, 0.25) is 0 Å². The zero-order chi connectivity index (χ0) is 18.6. The summed E-state index contributed by atoms with van der Waals surface area (Å²) in [6.45, 7) is 4.79. The topological polar surface area (TPSA) is 55.8 Å². The number of likely N-dealkylation sites (tertiary alicyclic amines) is 2. The molecule has 7 heteroatoms. The number of hydrogen-bond donors (Lipinski definition) is 2. The molecular weight excluding hydrogens is 340 g/mol. The van der Waals surface area contributed by atoms with Gasteiger partial charge in [-0.05, 0) is 56.5 Å². The number of nitrogens with zero attached hydrogens (tertiary/aromatic N) is 2. The molecule has 2 aliphatic heterocycles. The van der Waals surface area contributed by atoms with Crippen molar-refractivity contribution in [1.82, 2.24) is 15.1 Å². The molecule has 1 atom stereocenters. The standard InChI is InChI=1S/C19H27F2N3O2/c20-16-5-4-15(12-17(16)21)13-24-10-3-6-19(26,18(24)25)14-22-7-11-23-8-1-2-9-23/h4-5,12,22,26H,1-3,6-11,13-14H2/t19-/m1/s1. The van der Waals surface area contributed by atoms with Crippen molar-refractivity contribution < 1.29 is 18.7 Å². The van der Waals surface area contributed by atoms with Crippen molar-refractivity contribution in [2.75, 3.05) is 39.3 Å². The van der Waals surface area contributed by atoms with Gasteiger partial charge in [0.05, 0.1) is 0 Å². The van der Waals surface area contributed by atoms with Crippen molar-refractivity contribution in [3.8, 4) is 0 Å². The van der Waals surface area contributed by atoms with Crippen LogP contribution >= 0.6 is 0 Å². The maximum absolute atomic E-state index is 13.4. The molecule has 0 bridgehead atoms. The molecule has 3 rings (SSSR count). The molecule has 2 saturated heterocycles. The van der Waals surface area contributed by atoms with Gasteiger partial charge in [0, 0.05) is 32.7 Å². The molecule has 0 unspecified atom stereocenters. The van der Waals surface area contributed by atoms with E-state index >= 15 is 0 Å². The fraction of sp³-hybridized carbons (Fsp3) is 0.632. The minimum Gasteiger partial charge on any atom is -0.379 e. The van der Waals surface area contributed by atoms with E-state index in [1.165, 1.54) is 23.8 Å². The summed E-state index contributed by atoms with van der Waals surface area (Å²) in [5.74, 6) is -2.18. The van der Waals surface area contributed by atoms with E-state index in [9.17, 15) is 18.7 Å². The quantitative estimate of drug-likeness (QED) is 0.718. The Labute approximate surface area is 153 Å². The van der Waals surface area contributed by atoms with Crippen molar-refractivity contribution in [3.05, 3.63) is 35.4 Å². The number of hydrogen-bond acceptors (Lipinski definition) is 4. The first-order valence-corrected chi connectivity index (χ1v) is 9.37. The summed E-state index contributed by atoms with van der Waals surface area (Å²) in [5.41, 5.74) is -0.912. The van der Waals surface area contributed by atoms with Crippen LogP contribution in [0.3, 0.4) is 0 Å². The fourth-order valence-electron chi connectivity index (χ4n) is 3.78. The first kappa shape index (κ1) is 19.2. The lowest BCUT2D eigenvalue weighted by molar-refractivity contribution is -0.157. The van der Waals surface area contributed by atoms with Gasteiger partial charge >= 0.3 is 0 Å². The Morgan fingerprint density at radius 3 is 2.62 bits per heavy atom. The smallest absolute Gasteiger partial charge is 0.256 e. The Balaban J connectivity index is 1.52. The molecule has 0 aliphatic carbocycles. The summed E-state index contributed by atoms with van der Waals surface area (Å²) in [7, 11) is 0. The van der Waals surface area contributed by atoms with Crippen LogP contribution < -0.4 is 5.32 Å². The summed E-state index contributed by atoms with van der Waals surface area (Å²) in [6, 6.07) is 3.63. The molecule has 1 aromatic carbocycles. The maximum Gasteiger partial charge on any atom is 0.256 e. The van der Waals surface area contributed by atoms with Crippen molar-refractivity contribution in [2.24, 2.45) is 0 Å². The molecule has 5 nitrogen and oxygen atoms in total. The van der Waals surface area contributed by atoms with Crippen LogP contribution in [0.1, 0.15) is 31.2 Å². The van der Waals surface area contributed by atoms with Gasteiger partial charge in [-0.15, -0.1) is 0 Å². The maximum atomic E-state index is 13.4. The normalized spacial score (nSPS) is 24.4. The van der Waals surface area contributed by atoms with Crippen LogP contribution in [-0.4, -0.2) is 65.7 Å². The average Bonchev–Trinajstić information content (AvgIpc) is 3.13. The van der Waals surface area contributed by atoms with Crippen LogP contribution in [0.2, 0.25) is 0 Å². The summed E-state index contributed by atoms with van der Waals surface area (Å²) in [6.07, 6.45) is 3.57. The van der Waals surface area contributed by atoms with Gasteiger partial charge in [-0.3, -0.25) is 4.79 Å². The summed E-state index contributed by atoms with van der Waals surface area (Å²) in [5, 5.41) is 14.0. The third kappa shape index (κ3) is 4.58. The lowest BCUT2D eigenvalue weighted by atomic mass is 9.91. The van der Waals surface area contributed by atoms with Crippen molar-refractivity contribution in [3.63, 3.8) is 0 Å². The predicted octanol–water partition coefficient (Wildman–Crippen LogP) is 1.50. The number of piperidine rings is 1. The number of carbonyl (C=O) groups excluding carboxylic acids is 1. The molecule has 0 spiro atoms. The van der Waals surface area contributed by atoms with E-state index in [0.717, 1.165) is 38.3 Å². The second kappa shape index (κ2) is 8.41. The summed E-state index contributed by atoms with van der Waals surface area (Å²) < 4.78 is 26.4. The van der Waals surface area contributed by atoms with E-state index in [1.54, 1.807) is 0 Å². The highest BCUT2D eigenvalue weighted by Crippen LogP contribution is 2.24. The van der Waals surface area contributed by atoms with Crippen LogP contribution in [0.15, 0.2) is 18.2 Å². The Morgan fingerprint density at radius 1 is 1.12 bits per heavy atom. The van der Waals surface area contributed by atoms with E-state index in [0.29, 0.717) is 24.9 Å². The monoisotopic (exact) mass is 367 g/mol. The third-order valence-corrected chi connectivity index (χ3v) is 5.28. The number of carbonyl (C=O) groups is 1. The second-order valence-electron chi connectivity index (χ2n) is 7.34. The number of nitrogens with one attached hydrogen (secondary N) is 1. The highest BCUT2D eigenvalue weighted by atomic mass is 19.2. The lowest BCUT2D eigenvalue weighted by Crippen LogP contribution is -2.58. The van der Waals surface area contributed by atoms with Gasteiger partial charge in [0.25, 0.3) is 5.91 Å². The molecule has 0 saturated carbocycles. The molecule has 1 amide bonds. The summed E-state index contributed by atoms with van der Waals surface area (Å²) >= 11 is 0. The summed E-state index contributed by atoms with van der Waals surface area (Å²) in [4.78, 5) is 16.6. The van der Waals surface area contributed by atoms with E-state index in [-0.39, 0.29) is 19.0 Å². The van der Waals surface area contributed by atoms with Crippen LogP contribution in [0.5, 0.6) is 0 Å². The molecule has 2 aliphatic rings.